The van der Waals surface area contributed by atoms with Gasteiger partial charge in [0.25, 0.3) is 0 Å². The van der Waals surface area contributed by atoms with Gasteiger partial charge in [0.1, 0.15) is 0 Å². The molecule has 19 heavy (non-hydrogen) atoms. The van der Waals surface area contributed by atoms with E-state index in [0.29, 0.717) is 5.56 Å². The van der Waals surface area contributed by atoms with Crippen LogP contribution in [-0.2, 0) is 6.54 Å². The van der Waals surface area contributed by atoms with E-state index in [1.165, 1.54) is 0 Å². The van der Waals surface area contributed by atoms with E-state index in [4.69, 9.17) is 5.26 Å². The van der Waals surface area contributed by atoms with E-state index < -0.39 is 0 Å². The first-order valence-corrected chi connectivity index (χ1v) is 7.50. The van der Waals surface area contributed by atoms with Crippen LogP contribution < -0.4 is 0 Å². The molecular weight excluding hydrogens is 322 g/mol. The average molecular weight is 332 g/mol. The summed E-state index contributed by atoms with van der Waals surface area (Å²) >= 11 is 5.14. The van der Waals surface area contributed by atoms with Gasteiger partial charge in [-0.1, -0.05) is 0 Å². The van der Waals surface area contributed by atoms with Crippen molar-refractivity contribution in [1.29, 1.82) is 5.26 Å². The van der Waals surface area contributed by atoms with Crippen molar-refractivity contribution in [3.05, 3.63) is 39.7 Å². The van der Waals surface area contributed by atoms with Crippen LogP contribution in [0.25, 0.3) is 21.7 Å². The number of nitrogens with zero attached hydrogens (tertiary/aromatic N) is 3. The number of halogens is 1. The van der Waals surface area contributed by atoms with Gasteiger partial charge < -0.3 is 4.57 Å². The minimum absolute atomic E-state index is 0.646. The van der Waals surface area contributed by atoms with Gasteiger partial charge in [-0.05, 0) is 53.2 Å². The summed E-state index contributed by atoms with van der Waals surface area (Å²) in [5, 5.41) is 8.96. The fraction of sp³-hybridized carbons (Fsp3) is 0.143. The zero-order valence-corrected chi connectivity index (χ0v) is 12.6. The van der Waals surface area contributed by atoms with Crippen LogP contribution in [0.1, 0.15) is 12.5 Å². The van der Waals surface area contributed by atoms with Gasteiger partial charge >= 0.3 is 0 Å². The zero-order valence-electron chi connectivity index (χ0n) is 10.2. The lowest BCUT2D eigenvalue weighted by Gasteiger charge is -2.03. The molecule has 94 valence electrons. The van der Waals surface area contributed by atoms with Gasteiger partial charge in [0.2, 0.25) is 0 Å². The summed E-state index contributed by atoms with van der Waals surface area (Å²) < 4.78 is 3.27. The first-order chi connectivity index (χ1) is 9.22. The predicted molar refractivity (Wildman–Crippen MR) is 81.1 cm³/mol. The number of aromatic nitrogens is 2. The maximum absolute atomic E-state index is 8.96. The molecule has 5 heteroatoms. The molecule has 0 unspecified atom stereocenters. The van der Waals surface area contributed by atoms with Crippen molar-refractivity contribution < 1.29 is 0 Å². The molecule has 0 amide bonds. The van der Waals surface area contributed by atoms with Crippen LogP contribution in [0.3, 0.4) is 0 Å². The monoisotopic (exact) mass is 331 g/mol. The van der Waals surface area contributed by atoms with E-state index in [1.54, 1.807) is 11.3 Å². The number of rotatable bonds is 2. The Hall–Kier alpha value is -1.64. The van der Waals surface area contributed by atoms with Crippen molar-refractivity contribution in [3.8, 4) is 16.8 Å². The second-order valence-electron chi connectivity index (χ2n) is 4.10. The van der Waals surface area contributed by atoms with Crippen LogP contribution in [0.15, 0.2) is 34.1 Å². The smallest absolute Gasteiger partial charge is 0.151 e. The molecule has 2 heterocycles. The van der Waals surface area contributed by atoms with Gasteiger partial charge in [-0.25, -0.2) is 4.98 Å². The number of fused-ring (bicyclic) bond motifs is 1. The second kappa shape index (κ2) is 4.80. The second-order valence-corrected chi connectivity index (χ2v) is 6.56. The Morgan fingerprint density at radius 3 is 2.84 bits per heavy atom. The topological polar surface area (TPSA) is 41.6 Å². The molecule has 0 N–H and O–H groups in total. The zero-order chi connectivity index (χ0) is 13.4. The van der Waals surface area contributed by atoms with Crippen molar-refractivity contribution in [3.63, 3.8) is 0 Å². The number of benzene rings is 1. The molecule has 0 aliphatic carbocycles. The SMILES string of the molecule is CCn1c(-c2ccc(Br)s2)nc2cc(C#N)ccc21. The largest absolute Gasteiger partial charge is 0.324 e. The third-order valence-electron chi connectivity index (χ3n) is 2.99. The van der Waals surface area contributed by atoms with E-state index in [0.717, 1.165) is 32.1 Å². The molecule has 0 aliphatic rings. The van der Waals surface area contributed by atoms with Crippen molar-refractivity contribution in [2.45, 2.75) is 13.5 Å². The van der Waals surface area contributed by atoms with Gasteiger partial charge in [-0.3, -0.25) is 0 Å². The number of thiophene rings is 1. The van der Waals surface area contributed by atoms with Gasteiger partial charge in [0, 0.05) is 6.54 Å². The highest BCUT2D eigenvalue weighted by Gasteiger charge is 2.13. The number of hydrogen-bond donors (Lipinski definition) is 0. The predicted octanol–water partition coefficient (Wildman–Crippen LogP) is 4.42. The van der Waals surface area contributed by atoms with Crippen LogP contribution in [0, 0.1) is 11.3 Å². The van der Waals surface area contributed by atoms with Crippen LogP contribution in [0.5, 0.6) is 0 Å². The van der Waals surface area contributed by atoms with E-state index in [9.17, 15) is 0 Å². The molecule has 1 aromatic carbocycles. The molecule has 0 atom stereocenters. The lowest BCUT2D eigenvalue weighted by molar-refractivity contribution is 0.798. The summed E-state index contributed by atoms with van der Waals surface area (Å²) in [4.78, 5) is 5.81. The average Bonchev–Trinajstić information content (AvgIpc) is 3.00. The molecule has 0 fully saturated rings. The maximum Gasteiger partial charge on any atom is 0.151 e. The Labute approximate surface area is 123 Å². The van der Waals surface area contributed by atoms with E-state index in [-0.39, 0.29) is 0 Å². The molecule has 3 rings (SSSR count). The van der Waals surface area contributed by atoms with Crippen LogP contribution in [0.2, 0.25) is 0 Å². The number of hydrogen-bond acceptors (Lipinski definition) is 3. The summed E-state index contributed by atoms with van der Waals surface area (Å²) in [6, 6.07) is 11.9. The Morgan fingerprint density at radius 1 is 1.37 bits per heavy atom. The Bertz CT molecular complexity index is 795. The van der Waals surface area contributed by atoms with E-state index >= 15 is 0 Å². The highest BCUT2D eigenvalue weighted by atomic mass is 79.9. The van der Waals surface area contributed by atoms with Gasteiger partial charge in [-0.2, -0.15) is 5.26 Å². The fourth-order valence-electron chi connectivity index (χ4n) is 2.14. The van der Waals surface area contributed by atoms with E-state index in [1.807, 2.05) is 24.3 Å². The minimum atomic E-state index is 0.646. The quantitative estimate of drug-likeness (QED) is 0.697. The molecular formula is C14H10BrN3S. The summed E-state index contributed by atoms with van der Waals surface area (Å²) in [6.45, 7) is 2.96. The first kappa shape index (κ1) is 12.4. The molecule has 3 nitrogen and oxygen atoms in total. The fourth-order valence-corrected chi connectivity index (χ4v) is 3.53. The molecule has 0 spiro atoms. The van der Waals surface area contributed by atoms with Crippen molar-refractivity contribution >= 4 is 38.3 Å². The maximum atomic E-state index is 8.96. The first-order valence-electron chi connectivity index (χ1n) is 5.89. The molecule has 2 aromatic heterocycles. The van der Waals surface area contributed by atoms with Crippen molar-refractivity contribution in [2.75, 3.05) is 0 Å². The molecule has 0 bridgehead atoms. The minimum Gasteiger partial charge on any atom is -0.324 e. The lowest BCUT2D eigenvalue weighted by Crippen LogP contribution is -1.95. The number of imidazole rings is 1. The van der Waals surface area contributed by atoms with Gasteiger partial charge in [-0.15, -0.1) is 11.3 Å². The third-order valence-corrected chi connectivity index (χ3v) is 4.61. The highest BCUT2D eigenvalue weighted by Crippen LogP contribution is 2.33. The van der Waals surface area contributed by atoms with E-state index in [2.05, 4.69) is 44.5 Å². The van der Waals surface area contributed by atoms with Crippen molar-refractivity contribution in [2.24, 2.45) is 0 Å². The summed E-state index contributed by atoms with van der Waals surface area (Å²) in [5.74, 6) is 0.961. The van der Waals surface area contributed by atoms with Gasteiger partial charge in [0.15, 0.2) is 5.82 Å². The Balaban J connectivity index is 2.27. The molecule has 0 radical (unpaired) electrons. The van der Waals surface area contributed by atoms with Crippen LogP contribution >= 0.6 is 27.3 Å². The lowest BCUT2D eigenvalue weighted by atomic mass is 10.2. The number of aryl methyl sites for hydroxylation is 1. The Morgan fingerprint density at radius 2 is 2.21 bits per heavy atom. The van der Waals surface area contributed by atoms with Gasteiger partial charge in [0.05, 0.1) is 31.3 Å². The molecule has 3 aromatic rings. The molecule has 0 saturated heterocycles. The van der Waals surface area contributed by atoms with Crippen molar-refractivity contribution in [1.82, 2.24) is 9.55 Å². The van der Waals surface area contributed by atoms with Crippen LogP contribution in [-0.4, -0.2) is 9.55 Å². The molecule has 0 aliphatic heterocycles. The summed E-state index contributed by atoms with van der Waals surface area (Å²) in [5.41, 5.74) is 2.59. The molecule has 0 saturated carbocycles. The number of nitriles is 1. The Kier molecular flexibility index (Phi) is 3.13. The highest BCUT2D eigenvalue weighted by molar-refractivity contribution is 9.11. The van der Waals surface area contributed by atoms with Crippen LogP contribution in [0.4, 0.5) is 0 Å². The summed E-state index contributed by atoms with van der Waals surface area (Å²) in [6.07, 6.45) is 0. The standard InChI is InChI=1S/C14H10BrN3S/c1-2-18-11-4-3-9(8-16)7-10(11)17-14(18)12-5-6-13(15)19-12/h3-7H,2H2,1H3. The third kappa shape index (κ3) is 2.07. The summed E-state index contributed by atoms with van der Waals surface area (Å²) in [7, 11) is 0. The normalized spacial score (nSPS) is 10.8.